The molecule has 0 saturated carbocycles. The number of carbonyl (C=O) groups excluding carboxylic acids is 1. The zero-order valence-corrected chi connectivity index (χ0v) is 20.6. The minimum Gasteiger partial charge on any atom is -0.396 e. The number of nitrogens with zero attached hydrogens (tertiary/aromatic N) is 4. The highest BCUT2D eigenvalue weighted by molar-refractivity contribution is 6.06. The maximum absolute atomic E-state index is 13.5. The van der Waals surface area contributed by atoms with Gasteiger partial charge in [-0.2, -0.15) is 9.89 Å². The first kappa shape index (κ1) is 25.1. The Bertz CT molecular complexity index is 1360. The summed E-state index contributed by atoms with van der Waals surface area (Å²) in [7, 11) is 6.02. The lowest BCUT2D eigenvalue weighted by Gasteiger charge is -2.23. The molecule has 0 radical (unpaired) electrons. The van der Waals surface area contributed by atoms with Gasteiger partial charge in [-0.05, 0) is 81.0 Å². The van der Waals surface area contributed by atoms with Gasteiger partial charge in [-0.25, -0.2) is 14.2 Å². The molecule has 0 aliphatic rings. The SMILES string of the molecule is CN(C)CCCN(C)c1cccc(C(=O)Nn2ncc3cc(Cc4cc(F)cc(F)c4)ccc32)c1N. The molecular weight excluding hydrogens is 462 g/mol. The van der Waals surface area contributed by atoms with Gasteiger partial charge in [-0.1, -0.05) is 12.1 Å². The number of nitrogens with two attached hydrogens (primary N) is 1. The fraction of sp³-hybridized carbons (Fsp3) is 0.259. The number of hydrogen-bond acceptors (Lipinski definition) is 5. The molecule has 9 heteroatoms. The molecule has 1 aromatic heterocycles. The van der Waals surface area contributed by atoms with Crippen molar-refractivity contribution in [2.45, 2.75) is 12.8 Å². The number of para-hydroxylation sites is 1. The van der Waals surface area contributed by atoms with Crippen LogP contribution in [0.15, 0.2) is 60.8 Å². The molecule has 0 bridgehead atoms. The molecule has 0 spiro atoms. The van der Waals surface area contributed by atoms with Gasteiger partial charge < -0.3 is 15.5 Å². The van der Waals surface area contributed by atoms with Crippen LogP contribution in [0.1, 0.15) is 27.9 Å². The van der Waals surface area contributed by atoms with Crippen LogP contribution in [0.2, 0.25) is 0 Å². The Balaban J connectivity index is 1.49. The summed E-state index contributed by atoms with van der Waals surface area (Å²) < 4.78 is 27.0. The van der Waals surface area contributed by atoms with E-state index < -0.39 is 11.6 Å². The molecular formula is C27H30F2N6O. The molecule has 4 aromatic rings. The van der Waals surface area contributed by atoms with Crippen LogP contribution >= 0.6 is 0 Å². The van der Waals surface area contributed by atoms with E-state index in [4.69, 9.17) is 5.73 Å². The standard InChI is InChI=1S/C27H30F2N6O/c1-33(2)10-5-11-34(3)25-7-4-6-23(26(25)30)27(36)32-35-24-9-8-18(13-20(24)17-31-35)12-19-14-21(28)16-22(29)15-19/h4,6-9,13-17H,5,10-12,30H2,1-3H3,(H,32,36). The highest BCUT2D eigenvalue weighted by atomic mass is 19.1. The number of benzene rings is 3. The van der Waals surface area contributed by atoms with E-state index in [2.05, 4.69) is 15.4 Å². The summed E-state index contributed by atoms with van der Waals surface area (Å²) in [6.45, 7) is 1.76. The number of nitrogen functional groups attached to an aromatic ring is 1. The zero-order valence-electron chi connectivity index (χ0n) is 20.6. The monoisotopic (exact) mass is 492 g/mol. The van der Waals surface area contributed by atoms with Crippen molar-refractivity contribution in [1.82, 2.24) is 14.8 Å². The molecule has 188 valence electrons. The largest absolute Gasteiger partial charge is 0.396 e. The van der Waals surface area contributed by atoms with Crippen molar-refractivity contribution >= 4 is 28.2 Å². The number of aromatic nitrogens is 2. The second-order valence-electron chi connectivity index (χ2n) is 9.16. The van der Waals surface area contributed by atoms with Crippen molar-refractivity contribution in [2.75, 3.05) is 50.3 Å². The first-order valence-electron chi connectivity index (χ1n) is 11.7. The van der Waals surface area contributed by atoms with Crippen LogP contribution in [-0.4, -0.2) is 54.9 Å². The second-order valence-corrected chi connectivity index (χ2v) is 9.16. The highest BCUT2D eigenvalue weighted by Gasteiger charge is 2.16. The molecule has 3 N–H and O–H groups in total. The molecule has 4 rings (SSSR count). The van der Waals surface area contributed by atoms with Gasteiger partial charge in [0, 0.05) is 25.0 Å². The molecule has 0 aliphatic heterocycles. The fourth-order valence-corrected chi connectivity index (χ4v) is 4.22. The lowest BCUT2D eigenvalue weighted by atomic mass is 10.0. The van der Waals surface area contributed by atoms with Crippen molar-refractivity contribution in [3.05, 3.63) is 89.1 Å². The summed E-state index contributed by atoms with van der Waals surface area (Å²) in [5.41, 5.74) is 12.8. The minimum atomic E-state index is -0.607. The maximum Gasteiger partial charge on any atom is 0.273 e. The predicted octanol–water partition coefficient (Wildman–Crippen LogP) is 4.26. The molecule has 0 aliphatic carbocycles. The smallest absolute Gasteiger partial charge is 0.273 e. The van der Waals surface area contributed by atoms with Crippen LogP contribution in [0.5, 0.6) is 0 Å². The summed E-state index contributed by atoms with van der Waals surface area (Å²) in [5.74, 6) is -1.59. The third-order valence-corrected chi connectivity index (χ3v) is 6.01. The molecule has 7 nitrogen and oxygen atoms in total. The van der Waals surface area contributed by atoms with Crippen LogP contribution in [0, 0.1) is 11.6 Å². The van der Waals surface area contributed by atoms with Gasteiger partial charge in [-0.15, -0.1) is 0 Å². The van der Waals surface area contributed by atoms with Gasteiger partial charge in [0.25, 0.3) is 5.91 Å². The summed E-state index contributed by atoms with van der Waals surface area (Å²) >= 11 is 0. The molecule has 1 amide bonds. The number of fused-ring (bicyclic) bond motifs is 1. The first-order chi connectivity index (χ1) is 17.2. The van der Waals surface area contributed by atoms with E-state index in [1.54, 1.807) is 12.3 Å². The number of nitrogens with one attached hydrogen (secondary N) is 1. The highest BCUT2D eigenvalue weighted by Crippen LogP contribution is 2.26. The molecule has 0 saturated heterocycles. The molecule has 0 fully saturated rings. The van der Waals surface area contributed by atoms with E-state index in [9.17, 15) is 13.6 Å². The van der Waals surface area contributed by atoms with Gasteiger partial charge in [0.1, 0.15) is 11.6 Å². The minimum absolute atomic E-state index is 0.361. The third kappa shape index (κ3) is 5.80. The molecule has 36 heavy (non-hydrogen) atoms. The Morgan fingerprint density at radius 3 is 2.47 bits per heavy atom. The molecule has 3 aromatic carbocycles. The van der Waals surface area contributed by atoms with E-state index in [1.807, 2.05) is 56.4 Å². The van der Waals surface area contributed by atoms with Crippen LogP contribution in [0.25, 0.3) is 10.9 Å². The molecule has 1 heterocycles. The van der Waals surface area contributed by atoms with Crippen molar-refractivity contribution < 1.29 is 13.6 Å². The van der Waals surface area contributed by atoms with Crippen molar-refractivity contribution in [3.63, 3.8) is 0 Å². The number of hydrogen-bond donors (Lipinski definition) is 2. The average Bonchev–Trinajstić information content (AvgIpc) is 3.20. The van der Waals surface area contributed by atoms with Crippen molar-refractivity contribution in [1.29, 1.82) is 0 Å². The number of rotatable bonds is 9. The van der Waals surface area contributed by atoms with E-state index in [0.29, 0.717) is 28.8 Å². The number of carbonyl (C=O) groups is 1. The van der Waals surface area contributed by atoms with Gasteiger partial charge in [-0.3, -0.25) is 4.79 Å². The van der Waals surface area contributed by atoms with Crippen LogP contribution in [0.3, 0.4) is 0 Å². The average molecular weight is 493 g/mol. The van der Waals surface area contributed by atoms with E-state index >= 15 is 0 Å². The summed E-state index contributed by atoms with van der Waals surface area (Å²) in [6, 6.07) is 14.4. The Kier molecular flexibility index (Phi) is 7.49. The van der Waals surface area contributed by atoms with E-state index in [-0.39, 0.29) is 5.91 Å². The summed E-state index contributed by atoms with van der Waals surface area (Å²) in [4.78, 5) is 18.6. The zero-order chi connectivity index (χ0) is 25.8. The molecule has 0 atom stereocenters. The number of amides is 1. The normalized spacial score (nSPS) is 11.3. The summed E-state index contributed by atoms with van der Waals surface area (Å²) in [6.07, 6.45) is 2.96. The molecule has 0 unspecified atom stereocenters. The van der Waals surface area contributed by atoms with Crippen molar-refractivity contribution in [2.24, 2.45) is 0 Å². The second kappa shape index (κ2) is 10.7. The topological polar surface area (TPSA) is 79.4 Å². The number of halogens is 2. The summed E-state index contributed by atoms with van der Waals surface area (Å²) in [5, 5.41) is 5.07. The first-order valence-corrected chi connectivity index (χ1v) is 11.7. The Morgan fingerprint density at radius 1 is 1.00 bits per heavy atom. The van der Waals surface area contributed by atoms with Crippen LogP contribution in [0.4, 0.5) is 20.2 Å². The van der Waals surface area contributed by atoms with Crippen LogP contribution in [-0.2, 0) is 6.42 Å². The van der Waals surface area contributed by atoms with Crippen LogP contribution < -0.4 is 16.1 Å². The maximum atomic E-state index is 13.5. The van der Waals surface area contributed by atoms with Gasteiger partial charge in [0.2, 0.25) is 0 Å². The Hall–Kier alpha value is -3.98. The lowest BCUT2D eigenvalue weighted by Crippen LogP contribution is -2.27. The van der Waals surface area contributed by atoms with Gasteiger partial charge >= 0.3 is 0 Å². The Morgan fingerprint density at radius 2 is 1.75 bits per heavy atom. The van der Waals surface area contributed by atoms with Gasteiger partial charge in [0.15, 0.2) is 0 Å². The van der Waals surface area contributed by atoms with Gasteiger partial charge in [0.05, 0.1) is 28.7 Å². The predicted molar refractivity (Wildman–Crippen MR) is 140 cm³/mol. The lowest BCUT2D eigenvalue weighted by molar-refractivity contribution is 0.101. The quantitative estimate of drug-likeness (QED) is 0.342. The van der Waals surface area contributed by atoms with Crippen molar-refractivity contribution in [3.8, 4) is 0 Å². The van der Waals surface area contributed by atoms with E-state index in [1.165, 1.54) is 16.9 Å². The fourth-order valence-electron chi connectivity index (χ4n) is 4.22. The Labute approximate surface area is 209 Å². The third-order valence-electron chi connectivity index (χ3n) is 6.01. The van der Waals surface area contributed by atoms with E-state index in [0.717, 1.165) is 42.2 Å². The number of anilines is 2.